The molecule has 1 aliphatic rings. The summed E-state index contributed by atoms with van der Waals surface area (Å²) in [6.45, 7) is 0.793. The number of benzene rings is 2. The molecule has 0 bridgehead atoms. The molecule has 0 aromatic heterocycles. The minimum atomic E-state index is -0.164. The lowest BCUT2D eigenvalue weighted by Gasteiger charge is -2.12. The molecule has 2 aromatic carbocycles. The zero-order valence-corrected chi connectivity index (χ0v) is 10.5. The molecule has 0 radical (unpaired) electrons. The van der Waals surface area contributed by atoms with E-state index in [0.717, 1.165) is 6.61 Å². The Morgan fingerprint density at radius 2 is 1.12 bits per heavy atom. The topological polar surface area (TPSA) is 12.5 Å². The minimum absolute atomic E-state index is 0. The summed E-state index contributed by atoms with van der Waals surface area (Å²) < 4.78 is 5.67. The third-order valence-electron chi connectivity index (χ3n) is 2.91. The van der Waals surface area contributed by atoms with Gasteiger partial charge in [0.1, 0.15) is 5.60 Å². The van der Waals surface area contributed by atoms with Crippen LogP contribution >= 0.6 is 9.90 Å². The molecule has 1 unspecified atom stereocenters. The molecular formula is C14H15OP. The van der Waals surface area contributed by atoms with Crippen LogP contribution in [0.15, 0.2) is 60.7 Å². The van der Waals surface area contributed by atoms with Gasteiger partial charge in [0.25, 0.3) is 0 Å². The summed E-state index contributed by atoms with van der Waals surface area (Å²) in [6, 6.07) is 20.8. The predicted molar refractivity (Wildman–Crippen MR) is 70.7 cm³/mol. The molecule has 0 aliphatic carbocycles. The second kappa shape index (κ2) is 4.37. The van der Waals surface area contributed by atoms with E-state index in [0.29, 0.717) is 0 Å². The maximum Gasteiger partial charge on any atom is 0.142 e. The third kappa shape index (κ3) is 1.77. The van der Waals surface area contributed by atoms with Gasteiger partial charge in [0.2, 0.25) is 0 Å². The molecule has 1 heterocycles. The van der Waals surface area contributed by atoms with E-state index in [9.17, 15) is 0 Å². The molecule has 1 aliphatic heterocycles. The van der Waals surface area contributed by atoms with Gasteiger partial charge in [0.15, 0.2) is 0 Å². The van der Waals surface area contributed by atoms with Crippen molar-refractivity contribution in [3.8, 4) is 0 Å². The van der Waals surface area contributed by atoms with Gasteiger partial charge >= 0.3 is 0 Å². The monoisotopic (exact) mass is 230 g/mol. The number of hydrogen-bond acceptors (Lipinski definition) is 1. The van der Waals surface area contributed by atoms with Crippen molar-refractivity contribution in [2.45, 2.75) is 5.60 Å². The molecule has 0 amide bonds. The Hall–Kier alpha value is -1.17. The number of hydrogen-bond donors (Lipinski definition) is 0. The maximum atomic E-state index is 5.67. The molecule has 2 aromatic rings. The van der Waals surface area contributed by atoms with Crippen LogP contribution in [-0.4, -0.2) is 6.61 Å². The van der Waals surface area contributed by atoms with E-state index in [-0.39, 0.29) is 15.5 Å². The van der Waals surface area contributed by atoms with Crippen LogP contribution in [0.4, 0.5) is 0 Å². The van der Waals surface area contributed by atoms with Crippen molar-refractivity contribution in [2.75, 3.05) is 6.61 Å². The zero-order chi connectivity index (χ0) is 10.1. The minimum Gasteiger partial charge on any atom is -0.359 e. The largest absolute Gasteiger partial charge is 0.359 e. The molecule has 1 saturated heterocycles. The van der Waals surface area contributed by atoms with Crippen molar-refractivity contribution < 1.29 is 4.74 Å². The van der Waals surface area contributed by atoms with Crippen LogP contribution in [0.5, 0.6) is 0 Å². The molecule has 0 spiro atoms. The van der Waals surface area contributed by atoms with Gasteiger partial charge in [-0.2, -0.15) is 9.90 Å². The van der Waals surface area contributed by atoms with Crippen molar-refractivity contribution >= 4 is 9.90 Å². The van der Waals surface area contributed by atoms with Crippen LogP contribution in [0.2, 0.25) is 0 Å². The normalized spacial score (nSPS) is 16.2. The average molecular weight is 230 g/mol. The van der Waals surface area contributed by atoms with Gasteiger partial charge in [-0.05, 0) is 11.1 Å². The Kier molecular flexibility index (Phi) is 3.09. The van der Waals surface area contributed by atoms with Gasteiger partial charge in [-0.25, -0.2) is 0 Å². The van der Waals surface area contributed by atoms with Crippen molar-refractivity contribution in [1.82, 2.24) is 0 Å². The third-order valence-corrected chi connectivity index (χ3v) is 2.91. The lowest BCUT2D eigenvalue weighted by Crippen LogP contribution is -2.09. The Labute approximate surface area is 99.1 Å². The Morgan fingerprint density at radius 3 is 1.44 bits per heavy atom. The van der Waals surface area contributed by atoms with E-state index in [1.807, 2.05) is 12.1 Å². The molecule has 3 rings (SSSR count). The van der Waals surface area contributed by atoms with Gasteiger partial charge in [0.05, 0.1) is 6.61 Å². The van der Waals surface area contributed by atoms with Gasteiger partial charge < -0.3 is 4.74 Å². The molecule has 16 heavy (non-hydrogen) atoms. The van der Waals surface area contributed by atoms with E-state index < -0.39 is 0 Å². The van der Waals surface area contributed by atoms with Crippen LogP contribution in [0.25, 0.3) is 0 Å². The van der Waals surface area contributed by atoms with Crippen LogP contribution in [0, 0.1) is 0 Å². The van der Waals surface area contributed by atoms with E-state index in [4.69, 9.17) is 4.74 Å². The highest BCUT2D eigenvalue weighted by atomic mass is 31.0. The SMILES string of the molecule is P.c1ccc(C2(c3ccccc3)CO2)cc1. The first-order valence-corrected chi connectivity index (χ1v) is 5.17. The smallest absolute Gasteiger partial charge is 0.142 e. The molecule has 1 atom stereocenters. The van der Waals surface area contributed by atoms with Crippen LogP contribution < -0.4 is 0 Å². The van der Waals surface area contributed by atoms with Gasteiger partial charge in [-0.3, -0.25) is 0 Å². The van der Waals surface area contributed by atoms with E-state index >= 15 is 0 Å². The zero-order valence-electron chi connectivity index (χ0n) is 9.10. The van der Waals surface area contributed by atoms with E-state index in [1.165, 1.54) is 11.1 Å². The summed E-state index contributed by atoms with van der Waals surface area (Å²) in [5.41, 5.74) is 2.33. The standard InChI is InChI=1S/C14H12O.H3P/c1-3-7-12(8-4-1)14(11-15-14)13-9-5-2-6-10-13;/h1-10H,11H2;1H3. The van der Waals surface area contributed by atoms with Gasteiger partial charge in [0, 0.05) is 0 Å². The highest BCUT2D eigenvalue weighted by Crippen LogP contribution is 2.44. The fourth-order valence-electron chi connectivity index (χ4n) is 1.99. The van der Waals surface area contributed by atoms with E-state index in [2.05, 4.69) is 48.5 Å². The van der Waals surface area contributed by atoms with E-state index in [1.54, 1.807) is 0 Å². The summed E-state index contributed by atoms with van der Waals surface area (Å²) in [5, 5.41) is 0. The first kappa shape index (κ1) is 11.3. The molecule has 82 valence electrons. The number of ether oxygens (including phenoxy) is 1. The Balaban J connectivity index is 0.000000963. The molecular weight excluding hydrogens is 215 g/mol. The first-order valence-electron chi connectivity index (χ1n) is 5.17. The van der Waals surface area contributed by atoms with Crippen molar-refractivity contribution in [3.05, 3.63) is 71.8 Å². The lowest BCUT2D eigenvalue weighted by molar-refractivity contribution is 0.349. The summed E-state index contributed by atoms with van der Waals surface area (Å²) in [4.78, 5) is 0. The second-order valence-corrected chi connectivity index (χ2v) is 3.85. The summed E-state index contributed by atoms with van der Waals surface area (Å²) >= 11 is 0. The maximum absolute atomic E-state index is 5.67. The Bertz CT molecular complexity index is 407. The van der Waals surface area contributed by atoms with Crippen molar-refractivity contribution in [1.29, 1.82) is 0 Å². The van der Waals surface area contributed by atoms with Crippen LogP contribution in [0.1, 0.15) is 11.1 Å². The average Bonchev–Trinajstić information content (AvgIpc) is 3.13. The van der Waals surface area contributed by atoms with Crippen molar-refractivity contribution in [2.24, 2.45) is 0 Å². The summed E-state index contributed by atoms with van der Waals surface area (Å²) in [7, 11) is 0. The number of epoxide rings is 1. The number of rotatable bonds is 2. The summed E-state index contributed by atoms with van der Waals surface area (Å²) in [6.07, 6.45) is 0. The Morgan fingerprint density at radius 1 is 0.750 bits per heavy atom. The molecule has 0 N–H and O–H groups in total. The fraction of sp³-hybridized carbons (Fsp3) is 0.143. The van der Waals surface area contributed by atoms with Crippen molar-refractivity contribution in [3.63, 3.8) is 0 Å². The first-order chi connectivity index (χ1) is 7.42. The molecule has 1 nitrogen and oxygen atoms in total. The molecule has 1 fully saturated rings. The fourth-order valence-corrected chi connectivity index (χ4v) is 1.99. The molecule has 0 saturated carbocycles. The summed E-state index contributed by atoms with van der Waals surface area (Å²) in [5.74, 6) is 0. The van der Waals surface area contributed by atoms with Crippen LogP contribution in [0.3, 0.4) is 0 Å². The van der Waals surface area contributed by atoms with Crippen LogP contribution in [-0.2, 0) is 10.3 Å². The lowest BCUT2D eigenvalue weighted by atomic mass is 9.92. The highest BCUT2D eigenvalue weighted by Gasteiger charge is 2.47. The highest BCUT2D eigenvalue weighted by molar-refractivity contribution is 6.92. The quantitative estimate of drug-likeness (QED) is 0.570. The van der Waals surface area contributed by atoms with Gasteiger partial charge in [-0.15, -0.1) is 0 Å². The van der Waals surface area contributed by atoms with Gasteiger partial charge in [-0.1, -0.05) is 60.7 Å². The predicted octanol–water partition coefficient (Wildman–Crippen LogP) is 3.02. The molecule has 2 heteroatoms. The second-order valence-electron chi connectivity index (χ2n) is 3.85.